The molecule has 0 spiro atoms. The SMILES string of the molecule is C[C@@H](O)[C@H](NC(=O)C(CS)NNC(=O)C[C@H](NN[C@@H](Cc1c[nH]c2ccccc12)C(=O)C(=O)[C@H](CCCCN)NC(=O)[C@H](Cc1ccccc1)NC(=O)CO)C(=O)N1CCC[C@H]1C(=O)N[C@@H](CCCNC(=N)N)C(=O)NC(C=O)CO)C(=O)N[C@H](C(=O)N[C@@H](Cc1c[nH]c2ccccc12)C(=O)NC(Cc1ccccc1)C(=O)N[C@@H](CCCNC(=N)N)C(=O)NC(C=O)Cc1c[nH]c2ccccc12)[C@@H](C)O. The van der Waals surface area contributed by atoms with Crippen LogP contribution in [0.4, 0.5) is 0 Å². The molecule has 9 rings (SSSR count). The molecule has 752 valence electrons. The number of aldehydes is 2. The molecule has 1 saturated heterocycles. The Morgan fingerprint density at radius 1 is 0.450 bits per heavy atom. The molecule has 1 fully saturated rings. The maximum Gasteiger partial charge on any atom is 0.246 e. The number of nitrogens with two attached hydrogens (primary N) is 3. The molecule has 45 nitrogen and oxygen atoms in total. The summed E-state index contributed by atoms with van der Waals surface area (Å²) in [4.78, 5) is 240. The summed E-state index contributed by atoms with van der Waals surface area (Å²) in [6.07, 6.45) is 0.591. The molecule has 140 heavy (non-hydrogen) atoms. The van der Waals surface area contributed by atoms with Gasteiger partial charge in [-0.3, -0.25) is 83.4 Å². The molecule has 0 radical (unpaired) electrons. The van der Waals surface area contributed by atoms with Crippen LogP contribution >= 0.6 is 12.6 Å². The lowest BCUT2D eigenvalue weighted by molar-refractivity contribution is -0.143. The normalized spacial score (nSPS) is 15.6. The summed E-state index contributed by atoms with van der Waals surface area (Å²) in [5.41, 5.74) is 32.1. The van der Waals surface area contributed by atoms with E-state index in [0.717, 1.165) is 35.2 Å². The fourth-order valence-corrected chi connectivity index (χ4v) is 16.3. The van der Waals surface area contributed by atoms with Crippen molar-refractivity contribution in [3.05, 3.63) is 180 Å². The standard InChI is InChI=1S/C94H125N25O20S/c1-52(124)79(90(137)112-73(42-58-46-104-66-29-14-11-26-63(58)66)87(134)111-72(39-55-22-7-4-8-23-55)86(133)109-68(31-17-35-100-93(96)97)83(130)105-59(47-120)40-56-44-102-64-27-12-9-24-61(56)64)114-91(138)80(53(2)125)113-88(135)75(51-140)117-118-77(126)43-74(92(139)119-37-19-33-76(119)89(136)110-69(32-18-36-101-94(98)99)84(131)106-60(48-121)49-122)116-115-70(41-57-45-103-65-28-13-10-25-62(57)65)82(129)81(128)67(30-15-16-34-95)108-85(132)71(107-78(127)50-123)38-54-20-5-3-6-21-54/h3-14,20-29,44-48,52-53,59-60,67-76,79-80,102-104,115-117,122-125,140H,15-19,30-43,49-51,95H2,1-2H3,(H,105,130)(H,106,131)(H,107,127)(H,108,132)(H,109,133)(H,110,136)(H,111,134)(H,112,137)(H,113,135)(H,114,138)(H,118,126)(H4,96,97,100)(H4,98,99,101)/t52-,53-,59?,60?,67+,68+,69+,70+,71+,72?,73+,74+,75?,76+,79+,80+/m1/s1. The van der Waals surface area contributed by atoms with Crippen molar-refractivity contribution in [2.75, 3.05) is 45.1 Å². The number of hydrogen-bond acceptors (Lipinski definition) is 27. The smallest absolute Gasteiger partial charge is 0.246 e. The van der Waals surface area contributed by atoms with E-state index in [4.69, 9.17) is 28.0 Å². The third-order valence-corrected chi connectivity index (χ3v) is 23.8. The van der Waals surface area contributed by atoms with Crippen LogP contribution in [-0.4, -0.2) is 289 Å². The maximum absolute atomic E-state index is 15.5. The van der Waals surface area contributed by atoms with E-state index in [0.29, 0.717) is 56.8 Å². The molecule has 16 atom stereocenters. The minimum Gasteiger partial charge on any atom is -0.394 e. The van der Waals surface area contributed by atoms with Gasteiger partial charge in [-0.15, -0.1) is 0 Å². The van der Waals surface area contributed by atoms with Crippen LogP contribution in [0.1, 0.15) is 106 Å². The zero-order valence-corrected chi connectivity index (χ0v) is 78.2. The van der Waals surface area contributed by atoms with Crippen molar-refractivity contribution in [2.24, 2.45) is 17.2 Å². The predicted octanol–water partition coefficient (Wildman–Crippen LogP) is -4.44. The Kier molecular flexibility index (Phi) is 43.1. The number of likely N-dealkylation sites (tertiary alicyclic amines) is 1. The monoisotopic (exact) mass is 1960 g/mol. The van der Waals surface area contributed by atoms with Gasteiger partial charge in [0.15, 0.2) is 11.9 Å². The summed E-state index contributed by atoms with van der Waals surface area (Å²) in [6, 6.07) is 16.0. The Balaban J connectivity index is 0.956. The first-order valence-corrected chi connectivity index (χ1v) is 46.5. The second-order valence-electron chi connectivity index (χ2n) is 34.0. The highest BCUT2D eigenvalue weighted by Crippen LogP contribution is 2.26. The molecule has 4 unspecified atom stereocenters. The van der Waals surface area contributed by atoms with Crippen molar-refractivity contribution in [1.82, 2.24) is 105 Å². The summed E-state index contributed by atoms with van der Waals surface area (Å²) in [7, 11) is 0. The number of rotatable bonds is 59. The number of nitrogens with one attached hydrogen (secondary N) is 21. The number of ketones is 2. The molecule has 8 aromatic rings. The average Bonchev–Trinajstić information content (AvgIpc) is 1.67. The van der Waals surface area contributed by atoms with Crippen LogP contribution in [0.15, 0.2) is 152 Å². The van der Waals surface area contributed by atoms with Gasteiger partial charge in [-0.1, -0.05) is 115 Å². The topological polar surface area (TPSA) is 723 Å². The fourth-order valence-electron chi connectivity index (χ4n) is 16.0. The van der Waals surface area contributed by atoms with Gasteiger partial charge in [0.1, 0.15) is 85.6 Å². The Morgan fingerprint density at radius 3 is 1.34 bits per heavy atom. The van der Waals surface area contributed by atoms with E-state index in [-0.39, 0.29) is 122 Å². The maximum atomic E-state index is 15.5. The predicted molar refractivity (Wildman–Crippen MR) is 519 cm³/mol. The minimum atomic E-state index is -2.01. The first kappa shape index (κ1) is 109. The number of thiol groups is 1. The van der Waals surface area contributed by atoms with Gasteiger partial charge in [0.2, 0.25) is 82.5 Å². The first-order chi connectivity index (χ1) is 67.2. The molecule has 4 heterocycles. The van der Waals surface area contributed by atoms with Crippen LogP contribution in [0.3, 0.4) is 0 Å². The van der Waals surface area contributed by atoms with Gasteiger partial charge in [-0.25, -0.2) is 16.3 Å². The Morgan fingerprint density at radius 2 is 0.857 bits per heavy atom. The van der Waals surface area contributed by atoms with Crippen LogP contribution in [0.25, 0.3) is 32.7 Å². The second-order valence-corrected chi connectivity index (χ2v) is 34.4. The molecular formula is C94H125N25O20S. The number of unbranched alkanes of at least 4 members (excludes halogenated alkanes) is 1. The number of aromatic amines is 3. The van der Waals surface area contributed by atoms with Crippen molar-refractivity contribution in [3.8, 4) is 0 Å². The first-order valence-electron chi connectivity index (χ1n) is 45.9. The number of Topliss-reactive ketones (excluding diaryl/α,β-unsaturated/α-hetero) is 2. The van der Waals surface area contributed by atoms with Crippen molar-refractivity contribution < 1.29 is 97.1 Å². The Bertz CT molecular complexity index is 5610. The molecule has 1 aliphatic rings. The number of amides is 12. The number of fused-ring (bicyclic) bond motifs is 3. The number of aliphatic hydroxyl groups is 4. The number of carbonyl (C=O) groups is 16. The number of benzene rings is 5. The summed E-state index contributed by atoms with van der Waals surface area (Å²) in [6.45, 7) is 0.477. The van der Waals surface area contributed by atoms with Gasteiger partial charge in [0, 0.05) is 102 Å². The van der Waals surface area contributed by atoms with Gasteiger partial charge in [0.25, 0.3) is 0 Å². The van der Waals surface area contributed by atoms with Crippen LogP contribution in [-0.2, 0) is 109 Å². The summed E-state index contributed by atoms with van der Waals surface area (Å²) >= 11 is 4.34. The quantitative estimate of drug-likeness (QED) is 0.00325. The largest absolute Gasteiger partial charge is 0.394 e. The molecule has 5 aromatic carbocycles. The van der Waals surface area contributed by atoms with Gasteiger partial charge < -0.3 is 131 Å². The highest BCUT2D eigenvalue weighted by molar-refractivity contribution is 7.80. The van der Waals surface area contributed by atoms with Gasteiger partial charge >= 0.3 is 0 Å². The molecule has 12 amide bonds. The van der Waals surface area contributed by atoms with Crippen LogP contribution in [0.2, 0.25) is 0 Å². The molecule has 31 N–H and O–H groups in total. The van der Waals surface area contributed by atoms with E-state index < -0.39 is 211 Å². The number of aromatic nitrogens is 3. The number of guanidine groups is 2. The van der Waals surface area contributed by atoms with Gasteiger partial charge in [0.05, 0.1) is 43.4 Å². The third kappa shape index (κ3) is 32.6. The van der Waals surface area contributed by atoms with Crippen molar-refractivity contribution in [1.29, 1.82) is 10.8 Å². The number of hydrogen-bond donors (Lipinski definition) is 29. The molecule has 3 aromatic heterocycles. The molecule has 46 heteroatoms. The van der Waals surface area contributed by atoms with Crippen molar-refractivity contribution >= 4 is 152 Å². The lowest BCUT2D eigenvalue weighted by atomic mass is 9.94. The summed E-state index contributed by atoms with van der Waals surface area (Å²) < 4.78 is 0. The van der Waals surface area contributed by atoms with Crippen molar-refractivity contribution in [3.63, 3.8) is 0 Å². The lowest BCUT2D eigenvalue weighted by Gasteiger charge is -2.31. The molecule has 0 aliphatic carbocycles. The zero-order chi connectivity index (χ0) is 101. The van der Waals surface area contributed by atoms with Crippen LogP contribution in [0.5, 0.6) is 0 Å². The third-order valence-electron chi connectivity index (χ3n) is 23.5. The Hall–Kier alpha value is -14.4. The molecular weight excluding hydrogens is 1830 g/mol. The van der Waals surface area contributed by atoms with Crippen molar-refractivity contribution in [2.45, 2.75) is 207 Å². The van der Waals surface area contributed by atoms with E-state index >= 15 is 19.2 Å². The number of carbonyl (C=O) groups excluding carboxylic acids is 16. The number of hydrazine groups is 2. The molecule has 1 aliphatic heterocycles. The second kappa shape index (κ2) is 55.3. The van der Waals surface area contributed by atoms with Crippen LogP contribution in [0, 0.1) is 10.8 Å². The summed E-state index contributed by atoms with van der Waals surface area (Å²) in [5, 5.41) is 90.5. The van der Waals surface area contributed by atoms with E-state index in [2.05, 4.69) is 113 Å². The molecule has 0 saturated carbocycles. The number of nitrogens with zero attached hydrogens (tertiary/aromatic N) is 1. The summed E-state index contributed by atoms with van der Waals surface area (Å²) in [5.74, 6) is -15.7. The lowest BCUT2D eigenvalue weighted by Crippen LogP contribution is -2.64. The van der Waals surface area contributed by atoms with E-state index in [9.17, 15) is 78.0 Å². The highest BCUT2D eigenvalue weighted by atomic mass is 32.1. The van der Waals surface area contributed by atoms with Crippen LogP contribution < -0.4 is 103 Å². The molecule has 0 bridgehead atoms. The average molecular weight is 1960 g/mol. The van der Waals surface area contributed by atoms with Gasteiger partial charge in [-0.05, 0) is 131 Å². The number of para-hydroxylation sites is 3. The number of aliphatic hydroxyl groups excluding tert-OH is 4. The van der Waals surface area contributed by atoms with E-state index in [1.807, 2.05) is 24.3 Å². The fraction of sp³-hybridized carbons (Fsp3) is 0.426. The van der Waals surface area contributed by atoms with E-state index in [1.165, 1.54) is 0 Å². The van der Waals surface area contributed by atoms with Gasteiger partial charge in [-0.2, -0.15) is 12.6 Å². The van der Waals surface area contributed by atoms with E-state index in [1.54, 1.807) is 128 Å². The highest BCUT2D eigenvalue weighted by Gasteiger charge is 2.43. The number of H-pyrrole nitrogens is 3. The minimum absolute atomic E-state index is 0.0406. The zero-order valence-electron chi connectivity index (χ0n) is 77.3. The Labute approximate surface area is 810 Å².